The summed E-state index contributed by atoms with van der Waals surface area (Å²) in [7, 11) is 0. The summed E-state index contributed by atoms with van der Waals surface area (Å²) >= 11 is 6.32. The van der Waals surface area contributed by atoms with Gasteiger partial charge in [0.2, 0.25) is 11.8 Å². The van der Waals surface area contributed by atoms with Crippen molar-refractivity contribution in [2.45, 2.75) is 19.1 Å². The summed E-state index contributed by atoms with van der Waals surface area (Å²) in [6, 6.07) is 15.4. The summed E-state index contributed by atoms with van der Waals surface area (Å²) in [4.78, 5) is 0. The number of benzene rings is 2. The van der Waals surface area contributed by atoms with Crippen LogP contribution in [0.15, 0.2) is 53.1 Å². The zero-order chi connectivity index (χ0) is 20.5. The van der Waals surface area contributed by atoms with E-state index in [0.29, 0.717) is 27.1 Å². The van der Waals surface area contributed by atoms with E-state index in [1.54, 1.807) is 60.2 Å². The lowest BCUT2D eigenvalue weighted by Crippen LogP contribution is -2.22. The van der Waals surface area contributed by atoms with Gasteiger partial charge >= 0.3 is 0 Å². The molecule has 0 fully saturated rings. The molecule has 0 aliphatic carbocycles. The molecule has 0 saturated carbocycles. The largest absolute Gasteiger partial charge is 0.418 e. The summed E-state index contributed by atoms with van der Waals surface area (Å²) in [5, 5.41) is 37.8. The van der Waals surface area contributed by atoms with Gasteiger partial charge in [0.1, 0.15) is 12.1 Å². The van der Waals surface area contributed by atoms with E-state index in [-0.39, 0.29) is 11.8 Å². The Morgan fingerprint density at radius 2 is 1.83 bits per heavy atom. The summed E-state index contributed by atoms with van der Waals surface area (Å²) in [6.45, 7) is 1.63. The molecule has 142 valence electrons. The van der Waals surface area contributed by atoms with Crippen molar-refractivity contribution < 1.29 is 9.52 Å². The number of aliphatic hydroxyl groups is 1. The van der Waals surface area contributed by atoms with Crippen molar-refractivity contribution in [3.05, 3.63) is 70.7 Å². The van der Waals surface area contributed by atoms with E-state index in [0.717, 1.165) is 5.52 Å². The van der Waals surface area contributed by atoms with Gasteiger partial charge in [0, 0.05) is 17.1 Å². The fourth-order valence-electron chi connectivity index (χ4n) is 3.25. The molecule has 0 unspecified atom stereocenters. The van der Waals surface area contributed by atoms with Crippen LogP contribution in [0, 0.1) is 22.7 Å². The molecule has 0 bridgehead atoms. The molecule has 0 saturated heterocycles. The van der Waals surface area contributed by atoms with Crippen LogP contribution >= 0.6 is 11.6 Å². The quantitative estimate of drug-likeness (QED) is 0.550. The first-order valence-electron chi connectivity index (χ1n) is 8.74. The van der Waals surface area contributed by atoms with Gasteiger partial charge in [-0.25, -0.2) is 0 Å². The van der Waals surface area contributed by atoms with Crippen LogP contribution < -0.4 is 0 Å². The minimum atomic E-state index is -0.839. The minimum absolute atomic E-state index is 0.234. The fraction of sp³-hybridized carbons (Fsp3) is 0.143. The smallest absolute Gasteiger partial charge is 0.247 e. The maximum Gasteiger partial charge on any atom is 0.247 e. The molecule has 4 rings (SSSR count). The van der Waals surface area contributed by atoms with Gasteiger partial charge < -0.3 is 14.1 Å². The highest BCUT2D eigenvalue weighted by Gasteiger charge is 2.27. The third-order valence-corrected chi connectivity index (χ3v) is 5.08. The van der Waals surface area contributed by atoms with E-state index < -0.39 is 12.1 Å². The van der Waals surface area contributed by atoms with Crippen LogP contribution in [0.1, 0.15) is 30.0 Å². The number of aliphatic hydroxyl groups excluding tert-OH is 1. The molecular weight excluding hydrogens is 390 g/mol. The highest BCUT2D eigenvalue weighted by Crippen LogP contribution is 2.33. The van der Waals surface area contributed by atoms with E-state index in [1.807, 2.05) is 0 Å². The number of fused-ring (bicyclic) bond motifs is 1. The van der Waals surface area contributed by atoms with E-state index in [4.69, 9.17) is 21.3 Å². The number of nitrogens with zero attached hydrogens (tertiary/aromatic N) is 5. The highest BCUT2D eigenvalue weighted by atomic mass is 35.5. The molecule has 29 heavy (non-hydrogen) atoms. The lowest BCUT2D eigenvalue weighted by atomic mass is 10.1. The van der Waals surface area contributed by atoms with Gasteiger partial charge in [-0.05, 0) is 49.4 Å². The monoisotopic (exact) mass is 403 g/mol. The average molecular weight is 404 g/mol. The second-order valence-corrected chi connectivity index (χ2v) is 6.89. The predicted molar refractivity (Wildman–Crippen MR) is 106 cm³/mol. The summed E-state index contributed by atoms with van der Waals surface area (Å²) < 4.78 is 7.64. The molecule has 2 aromatic heterocycles. The number of aromatic nitrogens is 3. The van der Waals surface area contributed by atoms with Crippen molar-refractivity contribution in [2.75, 3.05) is 0 Å². The van der Waals surface area contributed by atoms with Gasteiger partial charge in [0.25, 0.3) is 0 Å². The molecule has 0 aliphatic rings. The molecule has 2 heterocycles. The molecule has 4 aromatic rings. The van der Waals surface area contributed by atoms with Crippen molar-refractivity contribution in [2.24, 2.45) is 0 Å². The summed E-state index contributed by atoms with van der Waals surface area (Å²) in [6.07, 6.45) is 0.926. The Balaban J connectivity index is 1.77. The normalized spacial score (nSPS) is 13.0. The third kappa shape index (κ3) is 3.23. The van der Waals surface area contributed by atoms with Gasteiger partial charge in [0.15, 0.2) is 0 Å². The first-order valence-corrected chi connectivity index (χ1v) is 9.12. The van der Waals surface area contributed by atoms with Gasteiger partial charge in [-0.1, -0.05) is 11.6 Å². The fourth-order valence-corrected chi connectivity index (χ4v) is 3.51. The van der Waals surface area contributed by atoms with Crippen LogP contribution in [0.3, 0.4) is 0 Å². The molecule has 8 heteroatoms. The summed E-state index contributed by atoms with van der Waals surface area (Å²) in [5.74, 6) is 0.522. The van der Waals surface area contributed by atoms with E-state index >= 15 is 0 Å². The Morgan fingerprint density at radius 1 is 1.07 bits per heavy atom. The number of rotatable bonds is 4. The molecule has 7 nitrogen and oxygen atoms in total. The third-order valence-electron chi connectivity index (χ3n) is 4.67. The zero-order valence-corrected chi connectivity index (χ0v) is 16.0. The minimum Gasteiger partial charge on any atom is -0.418 e. The van der Waals surface area contributed by atoms with E-state index in [9.17, 15) is 10.4 Å². The molecule has 0 aliphatic heterocycles. The molecule has 1 N–H and O–H groups in total. The molecule has 2 aromatic carbocycles. The van der Waals surface area contributed by atoms with E-state index in [2.05, 4.69) is 22.3 Å². The molecule has 2 atom stereocenters. The standard InChI is InChI=1S/C21H14ClN5O2/c1-12(28)19(27-9-8-16-17(27)7-6-15(11-24)18(16)22)21-26-25-20(29-21)14-4-2-13(10-23)3-5-14/h2-9,12,19,28H,1H3/t12-,19-/m0/s1. The Labute approximate surface area is 171 Å². The van der Waals surface area contributed by atoms with Crippen LogP contribution in [-0.4, -0.2) is 26.0 Å². The first-order chi connectivity index (χ1) is 14.0. The van der Waals surface area contributed by atoms with Crippen molar-refractivity contribution in [3.63, 3.8) is 0 Å². The molecule has 0 amide bonds. The van der Waals surface area contributed by atoms with Gasteiger partial charge in [-0.15, -0.1) is 10.2 Å². The zero-order valence-electron chi connectivity index (χ0n) is 15.2. The molecule has 0 spiro atoms. The topological polar surface area (TPSA) is 112 Å². The predicted octanol–water partition coefficient (Wildman–Crippen LogP) is 4.06. The van der Waals surface area contributed by atoms with Gasteiger partial charge in [-0.3, -0.25) is 0 Å². The first kappa shape index (κ1) is 18.7. The number of hydrogen-bond donors (Lipinski definition) is 1. The number of hydrogen-bond acceptors (Lipinski definition) is 6. The van der Waals surface area contributed by atoms with Crippen molar-refractivity contribution in [1.29, 1.82) is 10.5 Å². The Kier molecular flexibility index (Phi) is 4.77. The van der Waals surface area contributed by atoms with Crippen LogP contribution in [0.4, 0.5) is 0 Å². The van der Waals surface area contributed by atoms with Crippen LogP contribution in [0.25, 0.3) is 22.4 Å². The average Bonchev–Trinajstić information content (AvgIpc) is 3.37. The maximum atomic E-state index is 10.4. The second-order valence-electron chi connectivity index (χ2n) is 6.51. The maximum absolute atomic E-state index is 10.4. The van der Waals surface area contributed by atoms with Crippen molar-refractivity contribution in [1.82, 2.24) is 14.8 Å². The van der Waals surface area contributed by atoms with Crippen LogP contribution in [0.5, 0.6) is 0 Å². The molecular formula is C21H14ClN5O2. The highest BCUT2D eigenvalue weighted by molar-refractivity contribution is 6.36. The number of halogens is 1. The SMILES string of the molecule is C[C@H](O)[C@@H](c1nnc(-c2ccc(C#N)cc2)o1)n1ccc2c(Cl)c(C#N)ccc21. The lowest BCUT2D eigenvalue weighted by molar-refractivity contribution is 0.136. The van der Waals surface area contributed by atoms with Crippen molar-refractivity contribution >= 4 is 22.5 Å². The van der Waals surface area contributed by atoms with E-state index in [1.165, 1.54) is 0 Å². The number of nitriles is 2. The molecule has 0 radical (unpaired) electrons. The van der Waals surface area contributed by atoms with Crippen LogP contribution in [-0.2, 0) is 0 Å². The Hall–Kier alpha value is -3.65. The van der Waals surface area contributed by atoms with Gasteiger partial charge in [0.05, 0.1) is 33.8 Å². The second kappa shape index (κ2) is 7.40. The summed E-state index contributed by atoms with van der Waals surface area (Å²) in [5.41, 5.74) is 2.32. The van der Waals surface area contributed by atoms with Gasteiger partial charge in [-0.2, -0.15) is 10.5 Å². The lowest BCUT2D eigenvalue weighted by Gasteiger charge is -2.19. The Morgan fingerprint density at radius 3 is 2.48 bits per heavy atom. The van der Waals surface area contributed by atoms with Crippen LogP contribution in [0.2, 0.25) is 5.02 Å². The Bertz CT molecular complexity index is 1280. The van der Waals surface area contributed by atoms with Crippen molar-refractivity contribution in [3.8, 4) is 23.6 Å².